The summed E-state index contributed by atoms with van der Waals surface area (Å²) in [5, 5.41) is 11.1. The van der Waals surface area contributed by atoms with E-state index in [-0.39, 0.29) is 0 Å². The van der Waals surface area contributed by atoms with Crippen molar-refractivity contribution in [1.82, 2.24) is 0 Å². The third-order valence-electron chi connectivity index (χ3n) is 5.15. The summed E-state index contributed by atoms with van der Waals surface area (Å²) in [5.41, 5.74) is 2.01. The van der Waals surface area contributed by atoms with Crippen LogP contribution in [0.1, 0.15) is 23.0 Å². The van der Waals surface area contributed by atoms with Crippen LogP contribution in [-0.2, 0) is 32.2 Å². The molecule has 0 spiro atoms. The third kappa shape index (κ3) is 4.80. The largest absolute Gasteiger partial charge is 0.466 e. The number of hydrogen-bond donors (Lipinski definition) is 1. The first-order valence-electron chi connectivity index (χ1n) is 9.97. The van der Waals surface area contributed by atoms with Crippen LogP contribution >= 0.6 is 0 Å². The topological polar surface area (TPSA) is 70.3 Å². The van der Waals surface area contributed by atoms with E-state index in [1.165, 1.54) is 0 Å². The highest BCUT2D eigenvalue weighted by atomic mass is 16.7. The fourth-order valence-corrected chi connectivity index (χ4v) is 3.60. The predicted octanol–water partition coefficient (Wildman–Crippen LogP) is 3.86. The predicted molar refractivity (Wildman–Crippen MR) is 109 cm³/mol. The van der Waals surface area contributed by atoms with Gasteiger partial charge in [-0.1, -0.05) is 60.7 Å². The molecule has 1 aromatic heterocycles. The van der Waals surface area contributed by atoms with Gasteiger partial charge < -0.3 is 28.5 Å². The van der Waals surface area contributed by atoms with Crippen LogP contribution in [0.3, 0.4) is 0 Å². The molecule has 1 N–H and O–H groups in total. The van der Waals surface area contributed by atoms with Gasteiger partial charge in [0.25, 0.3) is 0 Å². The molecule has 1 aliphatic rings. The highest BCUT2D eigenvalue weighted by molar-refractivity contribution is 5.15. The van der Waals surface area contributed by atoms with Crippen LogP contribution in [0.2, 0.25) is 0 Å². The number of furan rings is 1. The van der Waals surface area contributed by atoms with Gasteiger partial charge in [-0.25, -0.2) is 0 Å². The number of aliphatic hydroxyl groups is 1. The summed E-state index contributed by atoms with van der Waals surface area (Å²) in [7, 11) is 1.55. The molecule has 158 valence electrons. The smallest absolute Gasteiger partial charge is 0.187 e. The SMILES string of the molecule is CO[C@@H]1O[C@@H](c2ccco2)[C@@H](O)[C@H](OCc2ccccc2)[C@H]1OCc1ccccc1. The molecule has 0 unspecified atom stereocenters. The number of rotatable bonds is 8. The van der Waals surface area contributed by atoms with E-state index in [0.29, 0.717) is 19.0 Å². The van der Waals surface area contributed by atoms with E-state index >= 15 is 0 Å². The van der Waals surface area contributed by atoms with Crippen molar-refractivity contribution in [3.63, 3.8) is 0 Å². The molecule has 3 aromatic rings. The van der Waals surface area contributed by atoms with Gasteiger partial charge >= 0.3 is 0 Å². The number of methoxy groups -OCH3 is 1. The minimum Gasteiger partial charge on any atom is -0.466 e. The first-order valence-corrected chi connectivity index (χ1v) is 9.97. The Labute approximate surface area is 176 Å². The lowest BCUT2D eigenvalue weighted by Crippen LogP contribution is -2.56. The maximum atomic E-state index is 11.1. The van der Waals surface area contributed by atoms with E-state index in [2.05, 4.69) is 0 Å². The van der Waals surface area contributed by atoms with Crippen LogP contribution < -0.4 is 0 Å². The van der Waals surface area contributed by atoms with Crippen molar-refractivity contribution in [3.8, 4) is 0 Å². The standard InChI is InChI=1S/C24H26O6/c1-26-24-23(29-16-18-11-6-3-7-12-18)22(28-15-17-9-4-2-5-10-17)20(25)21(30-24)19-13-8-14-27-19/h2-14,20-25H,15-16H2,1H3/t20-,21+,22+,23-,24-/m1/s1. The molecule has 5 atom stereocenters. The number of ether oxygens (including phenoxy) is 4. The third-order valence-corrected chi connectivity index (χ3v) is 5.15. The van der Waals surface area contributed by atoms with Crippen LogP contribution in [0.5, 0.6) is 0 Å². The van der Waals surface area contributed by atoms with Crippen molar-refractivity contribution in [2.75, 3.05) is 7.11 Å². The molecule has 0 saturated carbocycles. The zero-order valence-electron chi connectivity index (χ0n) is 16.8. The summed E-state index contributed by atoms with van der Waals surface area (Å²) in [5.74, 6) is 0.513. The Hall–Kier alpha value is -2.48. The van der Waals surface area contributed by atoms with Crippen molar-refractivity contribution in [2.24, 2.45) is 0 Å². The van der Waals surface area contributed by atoms with E-state index in [4.69, 9.17) is 23.4 Å². The summed E-state index contributed by atoms with van der Waals surface area (Å²) >= 11 is 0. The van der Waals surface area contributed by atoms with E-state index in [9.17, 15) is 5.11 Å². The maximum absolute atomic E-state index is 11.1. The van der Waals surface area contributed by atoms with Gasteiger partial charge in [0, 0.05) is 7.11 Å². The lowest BCUT2D eigenvalue weighted by molar-refractivity contribution is -0.315. The van der Waals surface area contributed by atoms with Gasteiger partial charge in [-0.15, -0.1) is 0 Å². The van der Waals surface area contributed by atoms with Gasteiger partial charge in [-0.2, -0.15) is 0 Å². The molecule has 4 rings (SSSR count). The number of aliphatic hydroxyl groups excluding tert-OH is 1. The zero-order chi connectivity index (χ0) is 20.8. The summed E-state index contributed by atoms with van der Waals surface area (Å²) in [6.45, 7) is 0.674. The Balaban J connectivity index is 1.55. The van der Waals surface area contributed by atoms with Crippen molar-refractivity contribution < 1.29 is 28.5 Å². The summed E-state index contributed by atoms with van der Waals surface area (Å²) < 4.78 is 29.4. The average molecular weight is 410 g/mol. The molecule has 1 aliphatic heterocycles. The molecule has 0 radical (unpaired) electrons. The molecule has 6 heteroatoms. The van der Waals surface area contributed by atoms with E-state index in [1.54, 1.807) is 25.5 Å². The first kappa shape index (κ1) is 20.8. The van der Waals surface area contributed by atoms with Gasteiger partial charge in [0.05, 0.1) is 19.5 Å². The van der Waals surface area contributed by atoms with Gasteiger partial charge in [-0.3, -0.25) is 0 Å². The second-order valence-corrected chi connectivity index (χ2v) is 7.19. The Morgan fingerprint density at radius 1 is 0.800 bits per heavy atom. The molecule has 6 nitrogen and oxygen atoms in total. The molecule has 0 amide bonds. The van der Waals surface area contributed by atoms with Crippen molar-refractivity contribution in [1.29, 1.82) is 0 Å². The van der Waals surface area contributed by atoms with Gasteiger partial charge in [-0.05, 0) is 23.3 Å². The summed E-state index contributed by atoms with van der Waals surface area (Å²) in [4.78, 5) is 0. The molecule has 1 saturated heterocycles. The number of benzene rings is 2. The second kappa shape index (κ2) is 10.0. The van der Waals surface area contributed by atoms with Gasteiger partial charge in [0.15, 0.2) is 6.29 Å². The van der Waals surface area contributed by atoms with Crippen LogP contribution in [0.15, 0.2) is 83.5 Å². The molecule has 2 heterocycles. The van der Waals surface area contributed by atoms with Crippen LogP contribution in [-0.4, -0.2) is 36.8 Å². The molecule has 0 aliphatic carbocycles. The Morgan fingerprint density at radius 2 is 1.40 bits per heavy atom. The van der Waals surface area contributed by atoms with Gasteiger partial charge in [0.1, 0.15) is 30.2 Å². The minimum absolute atomic E-state index is 0.328. The van der Waals surface area contributed by atoms with E-state index < -0.39 is 30.7 Å². The molecule has 1 fully saturated rings. The van der Waals surface area contributed by atoms with Crippen LogP contribution in [0.4, 0.5) is 0 Å². The lowest BCUT2D eigenvalue weighted by Gasteiger charge is -2.43. The Morgan fingerprint density at radius 3 is 1.93 bits per heavy atom. The highest BCUT2D eigenvalue weighted by Gasteiger charge is 2.48. The summed E-state index contributed by atoms with van der Waals surface area (Å²) in [6.07, 6.45) is -2.20. The highest BCUT2D eigenvalue weighted by Crippen LogP contribution is 2.36. The molecule has 30 heavy (non-hydrogen) atoms. The fraction of sp³-hybridized carbons (Fsp3) is 0.333. The monoisotopic (exact) mass is 410 g/mol. The Bertz CT molecular complexity index is 867. The molecule has 0 bridgehead atoms. The summed E-state index contributed by atoms with van der Waals surface area (Å²) in [6, 6.07) is 23.1. The van der Waals surface area contributed by atoms with Crippen molar-refractivity contribution >= 4 is 0 Å². The lowest BCUT2D eigenvalue weighted by atomic mass is 9.96. The first-order chi connectivity index (χ1) is 14.8. The molecular formula is C24H26O6. The number of hydrogen-bond acceptors (Lipinski definition) is 6. The second-order valence-electron chi connectivity index (χ2n) is 7.19. The van der Waals surface area contributed by atoms with E-state index in [1.807, 2.05) is 60.7 Å². The van der Waals surface area contributed by atoms with Crippen LogP contribution in [0.25, 0.3) is 0 Å². The van der Waals surface area contributed by atoms with Crippen LogP contribution in [0, 0.1) is 0 Å². The maximum Gasteiger partial charge on any atom is 0.187 e. The Kier molecular flexibility index (Phi) is 6.94. The quantitative estimate of drug-likeness (QED) is 0.608. The fourth-order valence-electron chi connectivity index (χ4n) is 3.60. The normalized spacial score (nSPS) is 26.5. The zero-order valence-corrected chi connectivity index (χ0v) is 16.8. The minimum atomic E-state index is -0.993. The molecule has 2 aromatic carbocycles. The van der Waals surface area contributed by atoms with Crippen molar-refractivity contribution in [2.45, 2.75) is 43.9 Å². The van der Waals surface area contributed by atoms with Gasteiger partial charge in [0.2, 0.25) is 0 Å². The average Bonchev–Trinajstić information content (AvgIpc) is 3.33. The van der Waals surface area contributed by atoms with Crippen molar-refractivity contribution in [3.05, 3.63) is 95.9 Å². The van der Waals surface area contributed by atoms with E-state index in [0.717, 1.165) is 11.1 Å². The molecular weight excluding hydrogens is 384 g/mol.